The molecule has 1 atom stereocenters. The smallest absolute Gasteiger partial charge is 0.191 e. The Bertz CT molecular complexity index is 859. The zero-order valence-electron chi connectivity index (χ0n) is 18.2. The Morgan fingerprint density at radius 2 is 2.14 bits per heavy atom. The van der Waals surface area contributed by atoms with E-state index in [2.05, 4.69) is 52.8 Å². The minimum Gasteiger partial charge on any atom is -0.494 e. The van der Waals surface area contributed by atoms with Gasteiger partial charge in [-0.1, -0.05) is 0 Å². The molecule has 0 fully saturated rings. The third-order valence-corrected chi connectivity index (χ3v) is 4.99. The number of guanidine groups is 1. The van der Waals surface area contributed by atoms with Crippen LogP contribution in [0, 0.1) is 13.8 Å². The molecule has 1 aliphatic heterocycles. The molecular weight excluding hydrogens is 366 g/mol. The van der Waals surface area contributed by atoms with Gasteiger partial charge in [0.2, 0.25) is 0 Å². The van der Waals surface area contributed by atoms with Gasteiger partial charge in [-0.25, -0.2) is 0 Å². The van der Waals surface area contributed by atoms with Crippen molar-refractivity contribution in [3.05, 3.63) is 40.7 Å². The number of benzene rings is 1. The van der Waals surface area contributed by atoms with Gasteiger partial charge in [0.15, 0.2) is 5.96 Å². The lowest BCUT2D eigenvalue weighted by molar-refractivity contribution is 0.254. The van der Waals surface area contributed by atoms with E-state index in [0.717, 1.165) is 54.6 Å². The molecule has 0 saturated carbocycles. The summed E-state index contributed by atoms with van der Waals surface area (Å²) in [5.41, 5.74) is 4.55. The molecule has 1 aromatic carbocycles. The molecule has 0 radical (unpaired) electrons. The number of nitrogens with one attached hydrogen (secondary N) is 2. The summed E-state index contributed by atoms with van der Waals surface area (Å²) in [6.45, 7) is 11.2. The largest absolute Gasteiger partial charge is 0.494 e. The maximum Gasteiger partial charge on any atom is 0.191 e. The Labute approximate surface area is 173 Å². The third-order valence-electron chi connectivity index (χ3n) is 4.99. The quantitative estimate of drug-likeness (QED) is 0.406. The zero-order chi connectivity index (χ0) is 20.8. The summed E-state index contributed by atoms with van der Waals surface area (Å²) in [4.78, 5) is 4.33. The number of fused-ring (bicyclic) bond motifs is 1. The minimum atomic E-state index is 0.222. The highest BCUT2D eigenvalue weighted by Gasteiger charge is 2.21. The molecule has 1 unspecified atom stereocenters. The first kappa shape index (κ1) is 21.0. The topological polar surface area (TPSA) is 72.7 Å². The van der Waals surface area contributed by atoms with Gasteiger partial charge in [-0.15, -0.1) is 0 Å². The Morgan fingerprint density at radius 1 is 1.31 bits per heavy atom. The molecule has 0 aliphatic carbocycles. The third kappa shape index (κ3) is 5.43. The van der Waals surface area contributed by atoms with E-state index >= 15 is 0 Å². The second kappa shape index (κ2) is 9.67. The lowest BCUT2D eigenvalue weighted by Crippen LogP contribution is -2.37. The van der Waals surface area contributed by atoms with Gasteiger partial charge in [-0.05, 0) is 52.3 Å². The van der Waals surface area contributed by atoms with Crippen LogP contribution in [0.15, 0.2) is 23.2 Å². The molecule has 2 heterocycles. The first-order chi connectivity index (χ1) is 14.0. The summed E-state index contributed by atoms with van der Waals surface area (Å²) in [5.74, 6) is 2.65. The molecule has 158 valence electrons. The zero-order valence-corrected chi connectivity index (χ0v) is 18.2. The van der Waals surface area contributed by atoms with E-state index in [0.29, 0.717) is 13.2 Å². The second-order valence-corrected chi connectivity index (χ2v) is 7.49. The minimum absolute atomic E-state index is 0.222. The predicted octanol–water partition coefficient (Wildman–Crippen LogP) is 2.98. The molecule has 1 aromatic heterocycles. The van der Waals surface area contributed by atoms with E-state index in [1.807, 2.05) is 18.5 Å². The van der Waals surface area contributed by atoms with Gasteiger partial charge >= 0.3 is 0 Å². The number of ether oxygens (including phenoxy) is 2. The molecule has 3 rings (SSSR count). The van der Waals surface area contributed by atoms with Gasteiger partial charge in [0.25, 0.3) is 0 Å². The van der Waals surface area contributed by atoms with Gasteiger partial charge in [0.05, 0.1) is 12.3 Å². The molecular formula is C22H33N5O2. The number of nitrogens with zero attached hydrogens (tertiary/aromatic N) is 3. The van der Waals surface area contributed by atoms with Crippen molar-refractivity contribution in [1.82, 2.24) is 20.4 Å². The Morgan fingerprint density at radius 3 is 2.83 bits per heavy atom. The average Bonchev–Trinajstić information content (AvgIpc) is 3.20. The average molecular weight is 400 g/mol. The Kier molecular flexibility index (Phi) is 7.01. The van der Waals surface area contributed by atoms with Crippen LogP contribution in [-0.4, -0.2) is 42.0 Å². The first-order valence-corrected chi connectivity index (χ1v) is 10.4. The number of aliphatic imine (C=N–C) groups is 1. The van der Waals surface area contributed by atoms with Crippen molar-refractivity contribution in [2.75, 3.05) is 20.2 Å². The maximum absolute atomic E-state index is 5.91. The number of aryl methyl sites for hydroxylation is 3. The van der Waals surface area contributed by atoms with Crippen molar-refractivity contribution < 1.29 is 9.47 Å². The summed E-state index contributed by atoms with van der Waals surface area (Å²) in [7, 11) is 1.79. The Hall–Kier alpha value is -2.70. The molecule has 2 aromatic rings. The normalized spacial score (nSPS) is 15.8. The standard InChI is InChI=1S/C22H33N5O2/c1-6-28-20-12-18-11-17(4)29-21(18)13-19(20)14-25-22(23-5)24-8-7-9-27-16(3)10-15(2)26-27/h10,12-13,17H,6-9,11,14H2,1-5H3,(H2,23,24,25). The summed E-state index contributed by atoms with van der Waals surface area (Å²) in [6.07, 6.45) is 2.12. The summed E-state index contributed by atoms with van der Waals surface area (Å²) < 4.78 is 13.8. The van der Waals surface area contributed by atoms with Crippen LogP contribution in [0.3, 0.4) is 0 Å². The van der Waals surface area contributed by atoms with Gasteiger partial charge in [0.1, 0.15) is 17.6 Å². The Balaban J connectivity index is 1.52. The molecule has 0 amide bonds. The fourth-order valence-electron chi connectivity index (χ4n) is 3.65. The van der Waals surface area contributed by atoms with Crippen molar-refractivity contribution in [3.63, 3.8) is 0 Å². The van der Waals surface area contributed by atoms with E-state index < -0.39 is 0 Å². The van der Waals surface area contributed by atoms with E-state index in [1.165, 1.54) is 11.3 Å². The lowest BCUT2D eigenvalue weighted by atomic mass is 10.1. The number of hydrogen-bond acceptors (Lipinski definition) is 4. The summed E-state index contributed by atoms with van der Waals surface area (Å²) >= 11 is 0. The molecule has 0 bridgehead atoms. The van der Waals surface area contributed by atoms with Crippen LogP contribution in [-0.2, 0) is 19.5 Å². The van der Waals surface area contributed by atoms with Crippen molar-refractivity contribution in [2.45, 2.75) is 59.7 Å². The molecule has 29 heavy (non-hydrogen) atoms. The van der Waals surface area contributed by atoms with E-state index in [9.17, 15) is 0 Å². The van der Waals surface area contributed by atoms with Crippen LogP contribution in [0.4, 0.5) is 0 Å². The highest BCUT2D eigenvalue weighted by Crippen LogP contribution is 2.35. The fourth-order valence-corrected chi connectivity index (χ4v) is 3.65. The highest BCUT2D eigenvalue weighted by atomic mass is 16.5. The molecule has 7 nitrogen and oxygen atoms in total. The van der Waals surface area contributed by atoms with Crippen LogP contribution < -0.4 is 20.1 Å². The monoisotopic (exact) mass is 399 g/mol. The van der Waals surface area contributed by atoms with Crippen LogP contribution in [0.1, 0.15) is 42.8 Å². The van der Waals surface area contributed by atoms with E-state index in [1.54, 1.807) is 7.05 Å². The fraction of sp³-hybridized carbons (Fsp3) is 0.545. The maximum atomic E-state index is 5.91. The second-order valence-electron chi connectivity index (χ2n) is 7.49. The van der Waals surface area contributed by atoms with Crippen LogP contribution >= 0.6 is 0 Å². The van der Waals surface area contributed by atoms with Crippen molar-refractivity contribution in [2.24, 2.45) is 4.99 Å². The molecule has 1 aliphatic rings. The van der Waals surface area contributed by atoms with Crippen LogP contribution in [0.5, 0.6) is 11.5 Å². The highest BCUT2D eigenvalue weighted by molar-refractivity contribution is 5.79. The van der Waals surface area contributed by atoms with Gasteiger partial charge in [-0.3, -0.25) is 9.67 Å². The van der Waals surface area contributed by atoms with E-state index in [4.69, 9.17) is 9.47 Å². The van der Waals surface area contributed by atoms with Crippen molar-refractivity contribution in [3.8, 4) is 11.5 Å². The molecule has 0 saturated heterocycles. The van der Waals surface area contributed by atoms with E-state index in [-0.39, 0.29) is 6.10 Å². The molecule has 2 N–H and O–H groups in total. The van der Waals surface area contributed by atoms with Crippen LogP contribution in [0.2, 0.25) is 0 Å². The van der Waals surface area contributed by atoms with Gasteiger partial charge < -0.3 is 20.1 Å². The van der Waals surface area contributed by atoms with Gasteiger partial charge in [-0.2, -0.15) is 5.10 Å². The van der Waals surface area contributed by atoms with Crippen LogP contribution in [0.25, 0.3) is 0 Å². The van der Waals surface area contributed by atoms with Crippen molar-refractivity contribution >= 4 is 5.96 Å². The molecule has 0 spiro atoms. The lowest BCUT2D eigenvalue weighted by Gasteiger charge is -2.16. The van der Waals surface area contributed by atoms with Crippen molar-refractivity contribution in [1.29, 1.82) is 0 Å². The predicted molar refractivity (Wildman–Crippen MR) is 116 cm³/mol. The summed E-state index contributed by atoms with van der Waals surface area (Å²) in [6, 6.07) is 6.31. The number of rotatable bonds is 8. The number of hydrogen-bond donors (Lipinski definition) is 2. The SMILES string of the molecule is CCOc1cc2c(cc1CNC(=NC)NCCCn1nc(C)cc1C)OC(C)C2. The number of aromatic nitrogens is 2. The first-order valence-electron chi connectivity index (χ1n) is 10.4. The summed E-state index contributed by atoms with van der Waals surface area (Å²) in [5, 5.41) is 11.3. The van der Waals surface area contributed by atoms with Gasteiger partial charge in [0, 0.05) is 49.9 Å². The molecule has 7 heteroatoms.